The van der Waals surface area contributed by atoms with Crippen LogP contribution < -0.4 is 16.0 Å². The van der Waals surface area contributed by atoms with Gasteiger partial charge in [0, 0.05) is 74.1 Å². The van der Waals surface area contributed by atoms with Gasteiger partial charge in [0.1, 0.15) is 12.5 Å². The van der Waals surface area contributed by atoms with E-state index in [0.29, 0.717) is 57.3 Å². The molecule has 6 rings (SSSR count). The van der Waals surface area contributed by atoms with Gasteiger partial charge < -0.3 is 34.7 Å². The van der Waals surface area contributed by atoms with Crippen molar-refractivity contribution in [3.63, 3.8) is 0 Å². The van der Waals surface area contributed by atoms with Crippen LogP contribution in [-0.2, 0) is 25.5 Å². The number of methoxy groups -OCH3 is 1. The topological polar surface area (TPSA) is 141 Å². The quantitative estimate of drug-likeness (QED) is 0.163. The first-order valence-corrected chi connectivity index (χ1v) is 17.1. The molecule has 50 heavy (non-hydrogen) atoms. The Hall–Kier alpha value is -5.25. The van der Waals surface area contributed by atoms with E-state index in [1.165, 1.54) is 7.11 Å². The Balaban J connectivity index is 1.64. The fraction of sp³-hybridized carbons (Fsp3) is 0.375. The number of ketones is 1. The highest BCUT2D eigenvalue weighted by molar-refractivity contribution is 6.24. The van der Waals surface area contributed by atoms with E-state index in [4.69, 9.17) is 9.47 Å². The first kappa shape index (κ1) is 34.6. The highest BCUT2D eigenvalue weighted by Crippen LogP contribution is 2.48. The number of nitrogens with zero attached hydrogens (tertiary/aromatic N) is 1. The molecule has 3 aromatic rings. The molecule has 0 amide bonds. The molecule has 10 nitrogen and oxygen atoms in total. The summed E-state index contributed by atoms with van der Waals surface area (Å²) in [7, 11) is 1.28. The second-order valence-corrected chi connectivity index (χ2v) is 13.7. The molecule has 2 aliphatic heterocycles. The molecule has 0 unspecified atom stereocenters. The number of hydrogen-bond acceptors (Lipinski definition) is 7. The number of aromatic nitrogens is 3. The summed E-state index contributed by atoms with van der Waals surface area (Å²) in [6, 6.07) is 0. The number of aromatic amines is 2. The van der Waals surface area contributed by atoms with Crippen LogP contribution in [0.3, 0.4) is 0 Å². The van der Waals surface area contributed by atoms with E-state index in [0.717, 1.165) is 49.6 Å². The molecule has 3 aromatic heterocycles. The summed E-state index contributed by atoms with van der Waals surface area (Å²) in [5.41, 5.74) is 10.5. The molecule has 0 aromatic carbocycles. The third kappa shape index (κ3) is 5.56. The molecule has 0 spiro atoms. The Morgan fingerprint density at radius 1 is 1.02 bits per heavy atom. The molecule has 1 fully saturated rings. The summed E-state index contributed by atoms with van der Waals surface area (Å²) in [6.45, 7) is 18.0. The molecular weight excluding hydrogens is 632 g/mol. The van der Waals surface area contributed by atoms with Crippen molar-refractivity contribution < 1.29 is 23.9 Å². The van der Waals surface area contributed by atoms with Crippen LogP contribution in [-0.4, -0.2) is 46.1 Å². The SMILES string of the molecule is C=Cc1c2[nH]c(c1C)/C=C1\N/C(=C3\c4[nH]c(c(C)c4C(=O)[C@@H]3C(=O)OC)/C=c3/c(CC)c(C)/c(n3[O-])=C/2)[C@@H](CCC(=O)OCC=C(C)C)[C@@H]1C. The second kappa shape index (κ2) is 13.2. The van der Waals surface area contributed by atoms with Gasteiger partial charge in [-0.1, -0.05) is 32.1 Å². The average molecular weight is 678 g/mol. The molecule has 5 heterocycles. The normalized spacial score (nSPS) is 22.8. The predicted octanol–water partition coefficient (Wildman–Crippen LogP) is 5.47. The van der Waals surface area contributed by atoms with Gasteiger partial charge >= 0.3 is 11.9 Å². The zero-order chi connectivity index (χ0) is 36.2. The van der Waals surface area contributed by atoms with Crippen LogP contribution in [0.15, 0.2) is 29.6 Å². The molecule has 10 heteroatoms. The van der Waals surface area contributed by atoms with Gasteiger partial charge in [-0.3, -0.25) is 14.4 Å². The lowest BCUT2D eigenvalue weighted by molar-refractivity contribution is -0.143. The molecule has 3 aliphatic rings. The van der Waals surface area contributed by atoms with E-state index in [1.54, 1.807) is 12.2 Å². The lowest BCUT2D eigenvalue weighted by Gasteiger charge is -2.19. The number of nitrogens with one attached hydrogen (secondary N) is 3. The smallest absolute Gasteiger partial charge is 0.321 e. The minimum Gasteiger partial charge on any atom is -0.805 e. The number of Topliss-reactive ketones (excluding diaryl/α,β-unsaturated/α-hetero) is 1. The summed E-state index contributed by atoms with van der Waals surface area (Å²) in [5, 5.41) is 18.7. The minimum absolute atomic E-state index is 0.129. The summed E-state index contributed by atoms with van der Waals surface area (Å²) in [5.74, 6) is -2.94. The Labute approximate surface area is 291 Å². The molecule has 1 aliphatic carbocycles. The number of carbonyl (C=O) groups excluding carboxylic acids is 3. The van der Waals surface area contributed by atoms with Crippen LogP contribution in [0.25, 0.3) is 29.9 Å². The number of esters is 2. The van der Waals surface area contributed by atoms with Crippen molar-refractivity contribution in [2.45, 2.75) is 67.7 Å². The van der Waals surface area contributed by atoms with Crippen molar-refractivity contribution in [3.05, 3.63) is 102 Å². The first-order chi connectivity index (χ1) is 23.8. The minimum atomic E-state index is -1.20. The summed E-state index contributed by atoms with van der Waals surface area (Å²) in [6.07, 6.45) is 10.5. The van der Waals surface area contributed by atoms with Crippen LogP contribution in [0.1, 0.15) is 101 Å². The Kier molecular flexibility index (Phi) is 9.15. The zero-order valence-electron chi connectivity index (χ0n) is 30.1. The Morgan fingerprint density at radius 3 is 2.38 bits per heavy atom. The van der Waals surface area contributed by atoms with Crippen molar-refractivity contribution in [2.24, 2.45) is 17.8 Å². The number of fused-ring (bicyclic) bond motifs is 7. The maximum absolute atomic E-state index is 14.2. The molecular formula is C40H45N4O6-. The van der Waals surface area contributed by atoms with Gasteiger partial charge in [-0.15, -0.1) is 0 Å². The third-order valence-corrected chi connectivity index (χ3v) is 10.6. The zero-order valence-corrected chi connectivity index (χ0v) is 30.1. The summed E-state index contributed by atoms with van der Waals surface area (Å²) >= 11 is 0. The highest BCUT2D eigenvalue weighted by Gasteiger charge is 2.48. The van der Waals surface area contributed by atoms with Crippen LogP contribution in [0.2, 0.25) is 0 Å². The molecule has 262 valence electrons. The monoisotopic (exact) mass is 677 g/mol. The number of ether oxygens (including phenoxy) is 2. The Morgan fingerprint density at radius 2 is 1.72 bits per heavy atom. The lowest BCUT2D eigenvalue weighted by atomic mass is 9.85. The van der Waals surface area contributed by atoms with Crippen molar-refractivity contribution >= 4 is 47.6 Å². The van der Waals surface area contributed by atoms with Crippen molar-refractivity contribution in [1.29, 1.82) is 0 Å². The standard InChI is InChI=1S/C40H45N4O6/c1-10-24-20(5)27-16-28-21(6)26(12-13-33(45)50-15-14-19(3)4)37(42-28)35-36(40(47)49-9)39(46)34-23(8)29(43-38(34)35)17-32-25(11-2)22(7)31(44(32)48)18-30(24)41-27/h10,14,16-18,21,26,36,41-43H,1,11-13,15H2,2-9H3/q-1/b28-16-,31-18-,32-17-,37-35-/t21-,26-,36+/m0/s1. The lowest BCUT2D eigenvalue weighted by Crippen LogP contribution is -2.25. The van der Waals surface area contributed by atoms with Gasteiger partial charge in [0.05, 0.1) is 12.8 Å². The predicted molar refractivity (Wildman–Crippen MR) is 195 cm³/mol. The third-order valence-electron chi connectivity index (χ3n) is 10.6. The van der Waals surface area contributed by atoms with Gasteiger partial charge in [0.2, 0.25) is 0 Å². The fourth-order valence-corrected chi connectivity index (χ4v) is 7.74. The van der Waals surface area contributed by atoms with Crippen LogP contribution in [0, 0.1) is 43.7 Å². The van der Waals surface area contributed by atoms with Crippen molar-refractivity contribution in [2.75, 3.05) is 13.7 Å². The van der Waals surface area contributed by atoms with Gasteiger partial charge in [0.25, 0.3) is 0 Å². The number of H-pyrrole nitrogens is 2. The average Bonchev–Trinajstić information content (AvgIpc) is 3.80. The molecule has 0 saturated carbocycles. The Bertz CT molecular complexity index is 2180. The van der Waals surface area contributed by atoms with Crippen LogP contribution in [0.5, 0.6) is 0 Å². The largest absolute Gasteiger partial charge is 0.805 e. The molecule has 3 atom stereocenters. The van der Waals surface area contributed by atoms with E-state index in [9.17, 15) is 19.6 Å². The van der Waals surface area contributed by atoms with E-state index in [2.05, 4.69) is 28.8 Å². The number of allylic oxidation sites excluding steroid dienone is 3. The van der Waals surface area contributed by atoms with Gasteiger partial charge in [-0.25, -0.2) is 0 Å². The number of carbonyl (C=O) groups is 3. The van der Waals surface area contributed by atoms with E-state index in [-0.39, 0.29) is 36.6 Å². The number of rotatable bonds is 8. The second-order valence-electron chi connectivity index (χ2n) is 13.7. The van der Waals surface area contributed by atoms with E-state index < -0.39 is 11.9 Å². The highest BCUT2D eigenvalue weighted by atomic mass is 16.5. The van der Waals surface area contributed by atoms with Crippen LogP contribution in [0.4, 0.5) is 0 Å². The van der Waals surface area contributed by atoms with E-state index in [1.807, 2.05) is 59.8 Å². The van der Waals surface area contributed by atoms with Gasteiger partial charge in [-0.2, -0.15) is 0 Å². The molecule has 0 radical (unpaired) electrons. The van der Waals surface area contributed by atoms with Crippen LogP contribution >= 0.6 is 0 Å². The fourth-order valence-electron chi connectivity index (χ4n) is 7.74. The summed E-state index contributed by atoms with van der Waals surface area (Å²) in [4.78, 5) is 47.5. The van der Waals surface area contributed by atoms with E-state index >= 15 is 0 Å². The summed E-state index contributed by atoms with van der Waals surface area (Å²) < 4.78 is 11.6. The van der Waals surface area contributed by atoms with Gasteiger partial charge in [-0.05, 0) is 94.0 Å². The van der Waals surface area contributed by atoms with Crippen molar-refractivity contribution in [3.8, 4) is 0 Å². The van der Waals surface area contributed by atoms with Crippen molar-refractivity contribution in [1.82, 2.24) is 20.0 Å². The number of hydrogen-bond donors (Lipinski definition) is 3. The first-order valence-electron chi connectivity index (χ1n) is 17.1. The molecule has 1 saturated heterocycles. The molecule has 3 N–H and O–H groups in total. The maximum Gasteiger partial charge on any atom is 0.321 e. The van der Waals surface area contributed by atoms with Gasteiger partial charge in [0.15, 0.2) is 5.78 Å². The maximum atomic E-state index is 14.2. The molecule has 8 bridgehead atoms.